The number of hydrogen-bond donors (Lipinski definition) is 2. The smallest absolute Gasteiger partial charge is 0.123 e. The third-order valence-corrected chi connectivity index (χ3v) is 2.47. The third-order valence-electron chi connectivity index (χ3n) is 2.47. The van der Waals surface area contributed by atoms with Crippen molar-refractivity contribution in [2.75, 3.05) is 20.3 Å². The molecule has 3 nitrogen and oxygen atoms in total. The monoisotopic (exact) mass is 227 g/mol. The second kappa shape index (κ2) is 6.58. The van der Waals surface area contributed by atoms with E-state index in [0.717, 1.165) is 11.1 Å². The van der Waals surface area contributed by atoms with E-state index < -0.39 is 0 Å². The van der Waals surface area contributed by atoms with Crippen LogP contribution >= 0.6 is 0 Å². The lowest BCUT2D eigenvalue weighted by Crippen LogP contribution is -2.36. The molecular weight excluding hydrogens is 209 g/mol. The topological polar surface area (TPSA) is 41.5 Å². The largest absolute Gasteiger partial charge is 0.395 e. The van der Waals surface area contributed by atoms with Gasteiger partial charge in [0.2, 0.25) is 0 Å². The van der Waals surface area contributed by atoms with Crippen LogP contribution in [0.4, 0.5) is 4.39 Å². The van der Waals surface area contributed by atoms with E-state index in [2.05, 4.69) is 5.32 Å². The first-order valence-corrected chi connectivity index (χ1v) is 5.25. The molecule has 0 aromatic heterocycles. The highest BCUT2D eigenvalue weighted by atomic mass is 19.1. The summed E-state index contributed by atoms with van der Waals surface area (Å²) in [6.07, 6.45) is 0. The maximum atomic E-state index is 12.9. The number of benzene rings is 1. The molecule has 0 bridgehead atoms. The van der Waals surface area contributed by atoms with E-state index in [9.17, 15) is 4.39 Å². The van der Waals surface area contributed by atoms with Crippen LogP contribution in [-0.4, -0.2) is 31.5 Å². The third kappa shape index (κ3) is 3.89. The summed E-state index contributed by atoms with van der Waals surface area (Å²) in [5.74, 6) is -0.225. The van der Waals surface area contributed by atoms with E-state index in [0.29, 0.717) is 13.2 Å². The molecule has 0 saturated heterocycles. The number of nitrogens with one attached hydrogen (secondary N) is 1. The summed E-state index contributed by atoms with van der Waals surface area (Å²) in [5, 5.41) is 12.2. The van der Waals surface area contributed by atoms with Crippen molar-refractivity contribution in [2.45, 2.75) is 19.5 Å². The van der Waals surface area contributed by atoms with Crippen molar-refractivity contribution in [2.24, 2.45) is 0 Å². The average Bonchev–Trinajstić information content (AvgIpc) is 2.26. The van der Waals surface area contributed by atoms with E-state index in [1.807, 2.05) is 6.92 Å². The van der Waals surface area contributed by atoms with Crippen LogP contribution in [0.2, 0.25) is 0 Å². The Morgan fingerprint density at radius 1 is 1.50 bits per heavy atom. The Bertz CT molecular complexity index is 331. The molecule has 0 aliphatic rings. The fourth-order valence-corrected chi connectivity index (χ4v) is 1.49. The second-order valence-corrected chi connectivity index (χ2v) is 3.79. The molecule has 2 N–H and O–H groups in total. The molecule has 1 aromatic rings. The molecule has 16 heavy (non-hydrogen) atoms. The van der Waals surface area contributed by atoms with Crippen molar-refractivity contribution >= 4 is 0 Å². The number of aliphatic hydroxyl groups is 1. The van der Waals surface area contributed by atoms with Gasteiger partial charge >= 0.3 is 0 Å². The lowest BCUT2D eigenvalue weighted by atomic mass is 10.1. The molecule has 0 spiro atoms. The fourth-order valence-electron chi connectivity index (χ4n) is 1.49. The van der Waals surface area contributed by atoms with Crippen molar-refractivity contribution in [3.8, 4) is 0 Å². The van der Waals surface area contributed by atoms with Crippen LogP contribution in [-0.2, 0) is 11.3 Å². The van der Waals surface area contributed by atoms with E-state index in [1.165, 1.54) is 12.1 Å². The average molecular weight is 227 g/mol. The van der Waals surface area contributed by atoms with Crippen LogP contribution in [0.3, 0.4) is 0 Å². The lowest BCUT2D eigenvalue weighted by molar-refractivity contribution is 0.128. The molecular formula is C12H18FNO2. The van der Waals surface area contributed by atoms with Gasteiger partial charge in [-0.3, -0.25) is 0 Å². The van der Waals surface area contributed by atoms with Gasteiger partial charge in [-0.1, -0.05) is 6.07 Å². The molecule has 0 aliphatic carbocycles. The molecule has 1 atom stereocenters. The molecule has 0 amide bonds. The van der Waals surface area contributed by atoms with Gasteiger partial charge in [0.15, 0.2) is 0 Å². The first kappa shape index (κ1) is 13.1. The van der Waals surface area contributed by atoms with Gasteiger partial charge in [0.25, 0.3) is 0 Å². The predicted molar refractivity (Wildman–Crippen MR) is 60.7 cm³/mol. The number of rotatable bonds is 6. The van der Waals surface area contributed by atoms with E-state index in [4.69, 9.17) is 9.84 Å². The summed E-state index contributed by atoms with van der Waals surface area (Å²) in [5.41, 5.74) is 1.93. The standard InChI is InChI=1S/C12H18FNO2/c1-9-5-11(13)4-3-10(9)6-14-12(7-15)8-16-2/h3-5,12,14-15H,6-8H2,1-2H3. The molecule has 1 aromatic carbocycles. The highest BCUT2D eigenvalue weighted by Gasteiger charge is 2.07. The SMILES string of the molecule is COCC(CO)NCc1ccc(F)cc1C. The van der Waals surface area contributed by atoms with Gasteiger partial charge in [-0.15, -0.1) is 0 Å². The van der Waals surface area contributed by atoms with Crippen LogP contribution < -0.4 is 5.32 Å². The Morgan fingerprint density at radius 3 is 2.81 bits per heavy atom. The molecule has 0 heterocycles. The van der Waals surface area contributed by atoms with E-state index >= 15 is 0 Å². The molecule has 0 radical (unpaired) electrons. The van der Waals surface area contributed by atoms with Gasteiger partial charge < -0.3 is 15.2 Å². The quantitative estimate of drug-likeness (QED) is 0.768. The highest BCUT2D eigenvalue weighted by Crippen LogP contribution is 2.09. The Labute approximate surface area is 95.2 Å². The van der Waals surface area contributed by atoms with Crippen molar-refractivity contribution in [3.63, 3.8) is 0 Å². The number of aryl methyl sites for hydroxylation is 1. The van der Waals surface area contributed by atoms with Crippen LogP contribution in [0.5, 0.6) is 0 Å². The van der Waals surface area contributed by atoms with Crippen LogP contribution in [0, 0.1) is 12.7 Å². The maximum absolute atomic E-state index is 12.9. The first-order chi connectivity index (χ1) is 7.67. The van der Waals surface area contributed by atoms with Gasteiger partial charge in [-0.2, -0.15) is 0 Å². The summed E-state index contributed by atoms with van der Waals surface area (Å²) in [4.78, 5) is 0. The summed E-state index contributed by atoms with van der Waals surface area (Å²) in [7, 11) is 1.59. The van der Waals surface area contributed by atoms with Crippen molar-refractivity contribution < 1.29 is 14.2 Å². The molecule has 4 heteroatoms. The summed E-state index contributed by atoms with van der Waals surface area (Å²) >= 11 is 0. The molecule has 90 valence electrons. The summed E-state index contributed by atoms with van der Waals surface area (Å²) in [6.45, 7) is 2.94. The summed E-state index contributed by atoms with van der Waals surface area (Å²) < 4.78 is 17.8. The zero-order chi connectivity index (χ0) is 12.0. The molecule has 0 saturated carbocycles. The number of hydrogen-bond acceptors (Lipinski definition) is 3. The fraction of sp³-hybridized carbons (Fsp3) is 0.500. The Balaban J connectivity index is 2.53. The van der Waals surface area contributed by atoms with Crippen molar-refractivity contribution in [1.29, 1.82) is 0 Å². The van der Waals surface area contributed by atoms with E-state index in [1.54, 1.807) is 13.2 Å². The first-order valence-electron chi connectivity index (χ1n) is 5.25. The van der Waals surface area contributed by atoms with Gasteiger partial charge in [-0.25, -0.2) is 4.39 Å². The Kier molecular flexibility index (Phi) is 5.38. The second-order valence-electron chi connectivity index (χ2n) is 3.79. The van der Waals surface area contributed by atoms with E-state index in [-0.39, 0.29) is 18.5 Å². The van der Waals surface area contributed by atoms with Gasteiger partial charge in [0.1, 0.15) is 5.82 Å². The minimum absolute atomic E-state index is 0.0219. The highest BCUT2D eigenvalue weighted by molar-refractivity contribution is 5.26. The lowest BCUT2D eigenvalue weighted by Gasteiger charge is -2.16. The molecule has 1 unspecified atom stereocenters. The van der Waals surface area contributed by atoms with Crippen LogP contribution in [0.15, 0.2) is 18.2 Å². The number of methoxy groups -OCH3 is 1. The van der Waals surface area contributed by atoms with Gasteiger partial charge in [0, 0.05) is 13.7 Å². The maximum Gasteiger partial charge on any atom is 0.123 e. The minimum Gasteiger partial charge on any atom is -0.395 e. The molecule has 0 aliphatic heterocycles. The Hall–Kier alpha value is -0.970. The van der Waals surface area contributed by atoms with Crippen LogP contribution in [0.1, 0.15) is 11.1 Å². The predicted octanol–water partition coefficient (Wildman–Crippen LogP) is 1.23. The van der Waals surface area contributed by atoms with Crippen molar-refractivity contribution in [1.82, 2.24) is 5.32 Å². The molecule has 0 fully saturated rings. The number of halogens is 1. The number of aliphatic hydroxyl groups excluding tert-OH is 1. The Morgan fingerprint density at radius 2 is 2.25 bits per heavy atom. The van der Waals surface area contributed by atoms with Gasteiger partial charge in [0.05, 0.1) is 19.3 Å². The van der Waals surface area contributed by atoms with Gasteiger partial charge in [-0.05, 0) is 30.2 Å². The zero-order valence-electron chi connectivity index (χ0n) is 9.66. The van der Waals surface area contributed by atoms with Crippen LogP contribution in [0.25, 0.3) is 0 Å². The molecule has 1 rings (SSSR count). The van der Waals surface area contributed by atoms with Crippen molar-refractivity contribution in [3.05, 3.63) is 35.1 Å². The zero-order valence-corrected chi connectivity index (χ0v) is 9.66. The summed E-state index contributed by atoms with van der Waals surface area (Å²) in [6, 6.07) is 4.60. The normalized spacial score (nSPS) is 12.8. The number of ether oxygens (including phenoxy) is 1. The minimum atomic E-state index is -0.225.